The third kappa shape index (κ3) is 1.95. The van der Waals surface area contributed by atoms with E-state index in [1.807, 2.05) is 26.0 Å². The highest BCUT2D eigenvalue weighted by Gasteiger charge is 2.05. The summed E-state index contributed by atoms with van der Waals surface area (Å²) in [7, 11) is 0. The highest BCUT2D eigenvalue weighted by Crippen LogP contribution is 2.16. The first kappa shape index (κ1) is 9.49. The lowest BCUT2D eigenvalue weighted by molar-refractivity contribution is 0.823. The molecule has 0 fully saturated rings. The number of hydrogen-bond donors (Lipinski definition) is 2. The van der Waals surface area contributed by atoms with Crippen LogP contribution in [0, 0.1) is 11.3 Å². The molecule has 0 aromatic carbocycles. The van der Waals surface area contributed by atoms with E-state index in [0.717, 1.165) is 5.69 Å². The predicted octanol–water partition coefficient (Wildman–Crippen LogP) is 1.36. The number of nitrogen functional groups attached to an aromatic ring is 1. The van der Waals surface area contributed by atoms with E-state index in [1.54, 1.807) is 6.07 Å². The van der Waals surface area contributed by atoms with Gasteiger partial charge in [0.25, 0.3) is 0 Å². The van der Waals surface area contributed by atoms with Crippen LogP contribution in [0.4, 0.5) is 5.82 Å². The van der Waals surface area contributed by atoms with Crippen LogP contribution >= 0.6 is 0 Å². The van der Waals surface area contributed by atoms with Crippen molar-refractivity contribution in [2.24, 2.45) is 5.84 Å². The van der Waals surface area contributed by atoms with E-state index >= 15 is 0 Å². The van der Waals surface area contributed by atoms with Crippen LogP contribution in [0.25, 0.3) is 0 Å². The number of hydrogen-bond acceptors (Lipinski definition) is 4. The molecule has 0 aliphatic heterocycles. The maximum Gasteiger partial charge on any atom is 0.158 e. The topological polar surface area (TPSA) is 74.7 Å². The predicted molar refractivity (Wildman–Crippen MR) is 50.9 cm³/mol. The zero-order valence-corrected chi connectivity index (χ0v) is 7.70. The number of aromatic nitrogens is 1. The molecule has 0 bridgehead atoms. The quantitative estimate of drug-likeness (QED) is 0.527. The standard InChI is InChI=1S/C9H12N4/c1-6(2)8-4-3-7(5-10)9(12-8)13-11/h3-4,6H,11H2,1-2H3,(H,12,13). The summed E-state index contributed by atoms with van der Waals surface area (Å²) in [4.78, 5) is 4.20. The molecule has 0 saturated heterocycles. The van der Waals surface area contributed by atoms with Crippen molar-refractivity contribution in [3.05, 3.63) is 23.4 Å². The Balaban J connectivity index is 3.15. The summed E-state index contributed by atoms with van der Waals surface area (Å²) in [6.45, 7) is 4.07. The lowest BCUT2D eigenvalue weighted by Gasteiger charge is -2.07. The molecule has 1 rings (SSSR count). The van der Waals surface area contributed by atoms with Crippen molar-refractivity contribution in [1.82, 2.24) is 4.98 Å². The second kappa shape index (κ2) is 3.87. The maximum absolute atomic E-state index is 8.69. The van der Waals surface area contributed by atoms with Crippen LogP contribution in [0.5, 0.6) is 0 Å². The Morgan fingerprint density at radius 3 is 2.69 bits per heavy atom. The Morgan fingerprint density at radius 1 is 1.54 bits per heavy atom. The normalized spacial score (nSPS) is 9.77. The zero-order chi connectivity index (χ0) is 9.84. The van der Waals surface area contributed by atoms with Gasteiger partial charge in [0.05, 0.1) is 5.56 Å². The van der Waals surface area contributed by atoms with E-state index in [1.165, 1.54) is 0 Å². The summed E-state index contributed by atoms with van der Waals surface area (Å²) in [6, 6.07) is 5.56. The van der Waals surface area contributed by atoms with Crippen LogP contribution in [0.3, 0.4) is 0 Å². The maximum atomic E-state index is 8.69. The van der Waals surface area contributed by atoms with Crippen LogP contribution in [0.2, 0.25) is 0 Å². The number of hydrazine groups is 1. The molecule has 0 amide bonds. The smallest absolute Gasteiger partial charge is 0.158 e. The monoisotopic (exact) mass is 176 g/mol. The fraction of sp³-hybridized carbons (Fsp3) is 0.333. The summed E-state index contributed by atoms with van der Waals surface area (Å²) in [6.07, 6.45) is 0. The molecule has 0 aliphatic rings. The van der Waals surface area contributed by atoms with E-state index in [0.29, 0.717) is 17.3 Å². The fourth-order valence-electron chi connectivity index (χ4n) is 0.996. The van der Waals surface area contributed by atoms with E-state index in [9.17, 15) is 0 Å². The number of nitriles is 1. The van der Waals surface area contributed by atoms with Gasteiger partial charge in [-0.15, -0.1) is 0 Å². The van der Waals surface area contributed by atoms with Crippen molar-refractivity contribution < 1.29 is 0 Å². The SMILES string of the molecule is CC(C)c1ccc(C#N)c(NN)n1. The van der Waals surface area contributed by atoms with Crippen molar-refractivity contribution in [3.63, 3.8) is 0 Å². The third-order valence-corrected chi connectivity index (χ3v) is 1.77. The lowest BCUT2D eigenvalue weighted by Crippen LogP contribution is -2.11. The lowest BCUT2D eigenvalue weighted by atomic mass is 10.1. The number of rotatable bonds is 2. The molecule has 0 unspecified atom stereocenters. The van der Waals surface area contributed by atoms with Gasteiger partial charge < -0.3 is 5.43 Å². The molecule has 1 aromatic rings. The molecule has 0 aliphatic carbocycles. The number of nitrogens with zero attached hydrogens (tertiary/aromatic N) is 2. The van der Waals surface area contributed by atoms with Crippen molar-refractivity contribution in [1.29, 1.82) is 5.26 Å². The summed E-state index contributed by atoms with van der Waals surface area (Å²) < 4.78 is 0. The number of nitrogens with two attached hydrogens (primary N) is 1. The van der Waals surface area contributed by atoms with Crippen molar-refractivity contribution in [3.8, 4) is 6.07 Å². The Hall–Kier alpha value is -1.60. The van der Waals surface area contributed by atoms with Gasteiger partial charge in [-0.3, -0.25) is 0 Å². The van der Waals surface area contributed by atoms with Gasteiger partial charge in [0.15, 0.2) is 5.82 Å². The third-order valence-electron chi connectivity index (χ3n) is 1.77. The van der Waals surface area contributed by atoms with E-state index in [-0.39, 0.29) is 0 Å². The molecular weight excluding hydrogens is 164 g/mol. The first-order valence-corrected chi connectivity index (χ1v) is 4.06. The fourth-order valence-corrected chi connectivity index (χ4v) is 0.996. The van der Waals surface area contributed by atoms with Crippen molar-refractivity contribution in [2.75, 3.05) is 5.43 Å². The number of nitrogens with one attached hydrogen (secondary N) is 1. The van der Waals surface area contributed by atoms with Crippen molar-refractivity contribution in [2.45, 2.75) is 19.8 Å². The summed E-state index contributed by atoms with van der Waals surface area (Å²) in [5.41, 5.74) is 3.80. The molecular formula is C9H12N4. The van der Waals surface area contributed by atoms with Gasteiger partial charge in [-0.25, -0.2) is 10.8 Å². The first-order chi connectivity index (χ1) is 6.19. The molecule has 4 heteroatoms. The largest absolute Gasteiger partial charge is 0.307 e. The van der Waals surface area contributed by atoms with E-state index in [2.05, 4.69) is 10.4 Å². The summed E-state index contributed by atoms with van der Waals surface area (Å²) in [5, 5.41) is 8.69. The molecule has 1 aromatic heterocycles. The van der Waals surface area contributed by atoms with Gasteiger partial charge in [0.1, 0.15) is 6.07 Å². The van der Waals surface area contributed by atoms with Crippen molar-refractivity contribution >= 4 is 5.82 Å². The Labute approximate surface area is 77.4 Å². The summed E-state index contributed by atoms with van der Waals surface area (Å²) >= 11 is 0. The number of pyridine rings is 1. The summed E-state index contributed by atoms with van der Waals surface area (Å²) in [5.74, 6) is 6.00. The van der Waals surface area contributed by atoms with Gasteiger partial charge in [0.2, 0.25) is 0 Å². The van der Waals surface area contributed by atoms with Crippen LogP contribution in [-0.4, -0.2) is 4.98 Å². The van der Waals surface area contributed by atoms with Crippen LogP contribution in [-0.2, 0) is 0 Å². The van der Waals surface area contributed by atoms with Crippen LogP contribution in [0.1, 0.15) is 31.0 Å². The molecule has 13 heavy (non-hydrogen) atoms. The molecule has 1 heterocycles. The second-order valence-electron chi connectivity index (χ2n) is 3.04. The molecule has 4 nitrogen and oxygen atoms in total. The zero-order valence-electron chi connectivity index (χ0n) is 7.70. The Morgan fingerprint density at radius 2 is 2.23 bits per heavy atom. The second-order valence-corrected chi connectivity index (χ2v) is 3.04. The average Bonchev–Trinajstić information content (AvgIpc) is 2.16. The highest BCUT2D eigenvalue weighted by molar-refractivity contribution is 5.51. The van der Waals surface area contributed by atoms with Crippen LogP contribution in [0.15, 0.2) is 12.1 Å². The molecule has 68 valence electrons. The van der Waals surface area contributed by atoms with Gasteiger partial charge >= 0.3 is 0 Å². The Bertz CT molecular complexity index is 338. The Kier molecular flexibility index (Phi) is 2.83. The van der Waals surface area contributed by atoms with E-state index in [4.69, 9.17) is 11.1 Å². The van der Waals surface area contributed by atoms with Gasteiger partial charge in [-0.2, -0.15) is 5.26 Å². The molecule has 0 spiro atoms. The first-order valence-electron chi connectivity index (χ1n) is 4.06. The number of anilines is 1. The van der Waals surface area contributed by atoms with E-state index < -0.39 is 0 Å². The molecule has 0 radical (unpaired) electrons. The molecule has 0 atom stereocenters. The van der Waals surface area contributed by atoms with Crippen LogP contribution < -0.4 is 11.3 Å². The minimum absolute atomic E-state index is 0.333. The average molecular weight is 176 g/mol. The molecule has 0 saturated carbocycles. The van der Waals surface area contributed by atoms with Gasteiger partial charge in [-0.1, -0.05) is 13.8 Å². The molecule has 3 N–H and O–H groups in total. The van der Waals surface area contributed by atoms with Gasteiger partial charge in [0, 0.05) is 5.69 Å². The highest BCUT2D eigenvalue weighted by atomic mass is 15.2. The van der Waals surface area contributed by atoms with Gasteiger partial charge in [-0.05, 0) is 18.1 Å². The minimum Gasteiger partial charge on any atom is -0.307 e. The minimum atomic E-state index is 0.333.